The fourth-order valence-corrected chi connectivity index (χ4v) is 4.00. The maximum Gasteiger partial charge on any atom is 0.329 e. The van der Waals surface area contributed by atoms with E-state index in [1.165, 1.54) is 4.90 Å². The molecule has 0 spiro atoms. The zero-order chi connectivity index (χ0) is 26.6. The third-order valence-corrected chi connectivity index (χ3v) is 5.95. The van der Waals surface area contributed by atoms with Gasteiger partial charge in [-0.25, -0.2) is 4.79 Å². The molecule has 194 valence electrons. The van der Waals surface area contributed by atoms with Crippen molar-refractivity contribution in [2.45, 2.75) is 38.8 Å². The minimum absolute atomic E-state index is 0.106. The van der Waals surface area contributed by atoms with Gasteiger partial charge in [0.2, 0.25) is 5.91 Å². The Balaban J connectivity index is 1.85. The standard InChI is InChI=1S/C30H33NO6/c1-4-37-30(34)28(19-22-8-6-5-7-9-22)31(21-24-12-16-27(36-3)17-13-24)29(33)20-25(32)18-23-10-14-26(35-2)15-11-23/h5-17,28H,4,18-21H2,1-3H3/t28-/m0/s1. The molecule has 0 saturated heterocycles. The van der Waals surface area contributed by atoms with Gasteiger partial charge in [0, 0.05) is 19.4 Å². The molecule has 0 N–H and O–H groups in total. The second-order valence-corrected chi connectivity index (χ2v) is 8.57. The molecule has 7 nitrogen and oxygen atoms in total. The van der Waals surface area contributed by atoms with Gasteiger partial charge in [-0.3, -0.25) is 9.59 Å². The first-order valence-corrected chi connectivity index (χ1v) is 12.2. The summed E-state index contributed by atoms with van der Waals surface area (Å²) in [5.74, 6) is 0.204. The fourth-order valence-electron chi connectivity index (χ4n) is 4.00. The Morgan fingerprint density at radius 3 is 1.86 bits per heavy atom. The Labute approximate surface area is 218 Å². The summed E-state index contributed by atoms with van der Waals surface area (Å²) in [4.78, 5) is 41.0. The third kappa shape index (κ3) is 8.20. The van der Waals surface area contributed by atoms with E-state index in [9.17, 15) is 14.4 Å². The topological polar surface area (TPSA) is 82.1 Å². The molecule has 0 aromatic heterocycles. The van der Waals surface area contributed by atoms with Crippen LogP contribution in [-0.2, 0) is 38.5 Å². The summed E-state index contributed by atoms with van der Waals surface area (Å²) in [7, 11) is 3.15. The van der Waals surface area contributed by atoms with Crippen LogP contribution in [0.5, 0.6) is 11.5 Å². The predicted molar refractivity (Wildman–Crippen MR) is 140 cm³/mol. The molecule has 7 heteroatoms. The lowest BCUT2D eigenvalue weighted by Gasteiger charge is -2.30. The summed E-state index contributed by atoms with van der Waals surface area (Å²) in [5, 5.41) is 0. The van der Waals surface area contributed by atoms with Crippen LogP contribution < -0.4 is 9.47 Å². The van der Waals surface area contributed by atoms with Crippen LogP contribution in [0.4, 0.5) is 0 Å². The van der Waals surface area contributed by atoms with Crippen LogP contribution in [0.1, 0.15) is 30.0 Å². The van der Waals surface area contributed by atoms with E-state index in [2.05, 4.69) is 0 Å². The lowest BCUT2D eigenvalue weighted by molar-refractivity contribution is -0.156. The second-order valence-electron chi connectivity index (χ2n) is 8.57. The van der Waals surface area contributed by atoms with Gasteiger partial charge in [0.05, 0.1) is 27.2 Å². The van der Waals surface area contributed by atoms with Gasteiger partial charge >= 0.3 is 5.97 Å². The van der Waals surface area contributed by atoms with E-state index in [0.29, 0.717) is 11.5 Å². The van der Waals surface area contributed by atoms with E-state index in [4.69, 9.17) is 14.2 Å². The molecule has 0 saturated carbocycles. The lowest BCUT2D eigenvalue weighted by Crippen LogP contribution is -2.47. The molecular formula is C30H33NO6. The number of benzene rings is 3. The first-order valence-electron chi connectivity index (χ1n) is 12.2. The maximum atomic E-state index is 13.6. The number of rotatable bonds is 13. The molecule has 0 unspecified atom stereocenters. The largest absolute Gasteiger partial charge is 0.497 e. The lowest BCUT2D eigenvalue weighted by atomic mass is 10.0. The van der Waals surface area contributed by atoms with E-state index in [1.54, 1.807) is 57.5 Å². The highest BCUT2D eigenvalue weighted by Gasteiger charge is 2.32. The molecule has 0 aliphatic carbocycles. The van der Waals surface area contributed by atoms with Gasteiger partial charge in [-0.1, -0.05) is 54.6 Å². The normalized spacial score (nSPS) is 11.3. The first kappa shape index (κ1) is 27.5. The van der Waals surface area contributed by atoms with Crippen LogP contribution in [0.25, 0.3) is 0 Å². The summed E-state index contributed by atoms with van der Waals surface area (Å²) in [6.07, 6.45) is 0.0516. The Bertz CT molecular complexity index is 1160. The highest BCUT2D eigenvalue weighted by molar-refractivity contribution is 6.00. The summed E-state index contributed by atoms with van der Waals surface area (Å²) in [6, 6.07) is 23.0. The first-order chi connectivity index (χ1) is 17.9. The van der Waals surface area contributed by atoms with Crippen LogP contribution in [0, 0.1) is 0 Å². The van der Waals surface area contributed by atoms with Gasteiger partial charge in [-0.15, -0.1) is 0 Å². The molecule has 0 aliphatic rings. The third-order valence-electron chi connectivity index (χ3n) is 5.95. The number of hydrogen-bond donors (Lipinski definition) is 0. The Morgan fingerprint density at radius 1 is 0.757 bits per heavy atom. The Morgan fingerprint density at radius 2 is 1.32 bits per heavy atom. The molecule has 3 aromatic rings. The van der Waals surface area contributed by atoms with Crippen molar-refractivity contribution in [1.82, 2.24) is 4.90 Å². The van der Waals surface area contributed by atoms with E-state index < -0.39 is 17.9 Å². The van der Waals surface area contributed by atoms with Crippen molar-refractivity contribution in [3.8, 4) is 11.5 Å². The number of ketones is 1. The van der Waals surface area contributed by atoms with Crippen LogP contribution >= 0.6 is 0 Å². The number of nitrogens with zero attached hydrogens (tertiary/aromatic N) is 1. The average Bonchev–Trinajstić information content (AvgIpc) is 2.92. The van der Waals surface area contributed by atoms with E-state index in [0.717, 1.165) is 16.7 Å². The van der Waals surface area contributed by atoms with Crippen molar-refractivity contribution in [2.75, 3.05) is 20.8 Å². The van der Waals surface area contributed by atoms with Crippen LogP contribution in [-0.4, -0.2) is 49.4 Å². The van der Waals surface area contributed by atoms with Crippen molar-refractivity contribution in [2.24, 2.45) is 0 Å². The Kier molecular flexibility index (Phi) is 10.3. The Hall–Kier alpha value is -4.13. The van der Waals surface area contributed by atoms with E-state index in [-0.39, 0.29) is 38.2 Å². The van der Waals surface area contributed by atoms with Crippen molar-refractivity contribution in [3.63, 3.8) is 0 Å². The van der Waals surface area contributed by atoms with Gasteiger partial charge in [-0.05, 0) is 47.9 Å². The molecule has 1 atom stereocenters. The maximum absolute atomic E-state index is 13.6. The summed E-state index contributed by atoms with van der Waals surface area (Å²) in [6.45, 7) is 2.06. The van der Waals surface area contributed by atoms with Gasteiger partial charge in [0.1, 0.15) is 23.3 Å². The molecule has 37 heavy (non-hydrogen) atoms. The average molecular weight is 504 g/mol. The molecular weight excluding hydrogens is 470 g/mol. The summed E-state index contributed by atoms with van der Waals surface area (Å²) >= 11 is 0. The van der Waals surface area contributed by atoms with Crippen LogP contribution in [0.15, 0.2) is 78.9 Å². The van der Waals surface area contributed by atoms with Gasteiger partial charge in [0.25, 0.3) is 0 Å². The quantitative estimate of drug-likeness (QED) is 0.254. The molecule has 0 radical (unpaired) electrons. The number of esters is 1. The number of amides is 1. The summed E-state index contributed by atoms with van der Waals surface area (Å²) < 4.78 is 15.8. The van der Waals surface area contributed by atoms with Gasteiger partial charge in [0.15, 0.2) is 0 Å². The second kappa shape index (κ2) is 13.8. The molecule has 1 amide bonds. The zero-order valence-electron chi connectivity index (χ0n) is 21.5. The van der Waals surface area contributed by atoms with Crippen molar-refractivity contribution < 1.29 is 28.6 Å². The predicted octanol–water partition coefficient (Wildman–Crippen LogP) is 4.41. The number of carbonyl (C=O) groups excluding carboxylic acids is 3. The monoisotopic (exact) mass is 503 g/mol. The minimum Gasteiger partial charge on any atom is -0.497 e. The number of ether oxygens (including phenoxy) is 3. The van der Waals surface area contributed by atoms with E-state index >= 15 is 0 Å². The van der Waals surface area contributed by atoms with Crippen molar-refractivity contribution >= 4 is 17.7 Å². The smallest absolute Gasteiger partial charge is 0.329 e. The number of Topliss-reactive ketones (excluding diaryl/α,β-unsaturated/α-hetero) is 1. The van der Waals surface area contributed by atoms with Crippen molar-refractivity contribution in [1.29, 1.82) is 0 Å². The molecule has 3 aromatic carbocycles. The van der Waals surface area contributed by atoms with Crippen LogP contribution in [0.3, 0.4) is 0 Å². The van der Waals surface area contributed by atoms with Gasteiger partial charge in [-0.2, -0.15) is 0 Å². The number of carbonyl (C=O) groups is 3. The zero-order valence-corrected chi connectivity index (χ0v) is 21.5. The summed E-state index contributed by atoms with van der Waals surface area (Å²) in [5.41, 5.74) is 2.48. The number of hydrogen-bond acceptors (Lipinski definition) is 6. The fraction of sp³-hybridized carbons (Fsp3) is 0.300. The minimum atomic E-state index is -0.884. The molecule has 0 bridgehead atoms. The van der Waals surface area contributed by atoms with Crippen molar-refractivity contribution in [3.05, 3.63) is 95.6 Å². The highest BCUT2D eigenvalue weighted by Crippen LogP contribution is 2.20. The molecule has 0 fully saturated rings. The molecule has 0 heterocycles. The van der Waals surface area contributed by atoms with E-state index in [1.807, 2.05) is 42.5 Å². The van der Waals surface area contributed by atoms with Gasteiger partial charge < -0.3 is 19.1 Å². The number of methoxy groups -OCH3 is 2. The molecule has 3 rings (SSSR count). The van der Waals surface area contributed by atoms with Crippen LogP contribution in [0.2, 0.25) is 0 Å². The highest BCUT2D eigenvalue weighted by atomic mass is 16.5. The molecule has 0 aliphatic heterocycles. The SMILES string of the molecule is CCOC(=O)[C@H](Cc1ccccc1)N(Cc1ccc(OC)cc1)C(=O)CC(=O)Cc1ccc(OC)cc1.